The minimum absolute atomic E-state index is 0.0367. The molecule has 1 saturated carbocycles. The van der Waals surface area contributed by atoms with Gasteiger partial charge < -0.3 is 9.88 Å². The molecule has 1 aliphatic rings. The number of hydrogen-bond donors (Lipinski definition) is 2. The van der Waals surface area contributed by atoms with Crippen LogP contribution in [0.5, 0.6) is 0 Å². The summed E-state index contributed by atoms with van der Waals surface area (Å²) in [5.41, 5.74) is 0.474. The van der Waals surface area contributed by atoms with Gasteiger partial charge in [-0.05, 0) is 30.9 Å². The van der Waals surface area contributed by atoms with Gasteiger partial charge in [-0.15, -0.1) is 0 Å². The molecule has 1 amide bonds. The second kappa shape index (κ2) is 6.44. The van der Waals surface area contributed by atoms with Gasteiger partial charge in [-0.1, -0.05) is 12.8 Å². The predicted octanol–water partition coefficient (Wildman–Crippen LogP) is 0.978. The molecule has 7 nitrogen and oxygen atoms in total. The summed E-state index contributed by atoms with van der Waals surface area (Å²) in [6.07, 6.45) is 6.85. The second-order valence-corrected chi connectivity index (χ2v) is 6.34. The van der Waals surface area contributed by atoms with E-state index in [0.717, 1.165) is 31.5 Å². The van der Waals surface area contributed by atoms with E-state index in [1.807, 2.05) is 29.9 Å². The van der Waals surface area contributed by atoms with Crippen LogP contribution in [0, 0.1) is 5.92 Å². The van der Waals surface area contributed by atoms with Crippen LogP contribution in [-0.2, 0) is 20.5 Å². The Kier molecular flexibility index (Phi) is 4.36. The third-order valence-electron chi connectivity index (χ3n) is 4.82. The average molecular weight is 317 g/mol. The third kappa shape index (κ3) is 3.23. The van der Waals surface area contributed by atoms with Gasteiger partial charge in [0, 0.05) is 32.8 Å². The van der Waals surface area contributed by atoms with Crippen LogP contribution >= 0.6 is 0 Å². The lowest BCUT2D eigenvalue weighted by Gasteiger charge is -2.32. The summed E-state index contributed by atoms with van der Waals surface area (Å²) < 4.78 is 3.37. The predicted molar refractivity (Wildman–Crippen MR) is 86.2 cm³/mol. The van der Waals surface area contributed by atoms with Crippen molar-refractivity contribution in [2.24, 2.45) is 20.0 Å². The Bertz CT molecular complexity index is 742. The van der Waals surface area contributed by atoms with Crippen LogP contribution < -0.4 is 11.0 Å². The maximum atomic E-state index is 12.5. The summed E-state index contributed by atoms with van der Waals surface area (Å²) in [5, 5.41) is 9.75. The molecule has 1 fully saturated rings. The Morgan fingerprint density at radius 1 is 1.39 bits per heavy atom. The molecule has 23 heavy (non-hydrogen) atoms. The van der Waals surface area contributed by atoms with Crippen molar-refractivity contribution in [3.05, 3.63) is 40.3 Å². The number of nitrogens with one attached hydrogen (secondary N) is 2. The highest BCUT2D eigenvalue weighted by Gasteiger charge is 2.28. The van der Waals surface area contributed by atoms with Gasteiger partial charge in [0.15, 0.2) is 0 Å². The van der Waals surface area contributed by atoms with Crippen molar-refractivity contribution in [3.8, 4) is 0 Å². The summed E-state index contributed by atoms with van der Waals surface area (Å²) >= 11 is 0. The number of H-pyrrole nitrogens is 1. The Labute approximate surface area is 134 Å². The Morgan fingerprint density at radius 3 is 2.83 bits per heavy atom. The molecule has 124 valence electrons. The molecule has 0 spiro atoms. The molecule has 2 atom stereocenters. The molecule has 2 heterocycles. The SMILES string of the molecule is Cn1cccc1C(=O)N[C@@H]1CCCC[C@@H]1Cc1n[nH]c(=O)n1C. The highest BCUT2D eigenvalue weighted by Crippen LogP contribution is 2.27. The first kappa shape index (κ1) is 15.6. The summed E-state index contributed by atoms with van der Waals surface area (Å²) in [4.78, 5) is 24.0. The molecule has 0 unspecified atom stereocenters. The molecule has 7 heteroatoms. The van der Waals surface area contributed by atoms with Gasteiger partial charge in [0.25, 0.3) is 5.91 Å². The third-order valence-corrected chi connectivity index (χ3v) is 4.82. The summed E-state index contributed by atoms with van der Waals surface area (Å²) in [7, 11) is 3.59. The molecule has 0 saturated heterocycles. The number of aromatic nitrogens is 4. The van der Waals surface area contributed by atoms with E-state index in [1.165, 1.54) is 0 Å². The maximum absolute atomic E-state index is 12.5. The highest BCUT2D eigenvalue weighted by molar-refractivity contribution is 5.92. The number of aromatic amines is 1. The molecule has 0 bridgehead atoms. The molecular weight excluding hydrogens is 294 g/mol. The first-order valence-corrected chi connectivity index (χ1v) is 8.08. The highest BCUT2D eigenvalue weighted by atomic mass is 16.2. The van der Waals surface area contributed by atoms with Crippen LogP contribution in [0.3, 0.4) is 0 Å². The van der Waals surface area contributed by atoms with Crippen LogP contribution in [0.15, 0.2) is 23.1 Å². The molecular formula is C16H23N5O2. The number of nitrogens with zero attached hydrogens (tertiary/aromatic N) is 3. The van der Waals surface area contributed by atoms with Crippen molar-refractivity contribution in [3.63, 3.8) is 0 Å². The smallest absolute Gasteiger partial charge is 0.343 e. The number of carbonyl (C=O) groups excluding carboxylic acids is 1. The van der Waals surface area contributed by atoms with E-state index < -0.39 is 0 Å². The first-order chi connectivity index (χ1) is 11.1. The molecule has 3 rings (SSSR count). The fourth-order valence-electron chi connectivity index (χ4n) is 3.38. The van der Waals surface area contributed by atoms with E-state index in [4.69, 9.17) is 0 Å². The van der Waals surface area contributed by atoms with E-state index in [2.05, 4.69) is 15.5 Å². The molecule has 2 aromatic rings. The number of carbonyl (C=O) groups is 1. The summed E-state index contributed by atoms with van der Waals surface area (Å²) in [5.74, 6) is 1.02. The van der Waals surface area contributed by atoms with Crippen LogP contribution in [0.1, 0.15) is 42.0 Å². The van der Waals surface area contributed by atoms with Crippen molar-refractivity contribution in [1.82, 2.24) is 24.6 Å². The standard InChI is InChI=1S/C16H23N5O2/c1-20-9-5-8-13(20)15(22)17-12-7-4-3-6-11(12)10-14-18-19-16(23)21(14)2/h5,8-9,11-12H,3-4,6-7,10H2,1-2H3,(H,17,22)(H,19,23)/t11-,12-/m1/s1. The van der Waals surface area contributed by atoms with E-state index in [0.29, 0.717) is 18.0 Å². The lowest BCUT2D eigenvalue weighted by Crippen LogP contribution is -2.43. The van der Waals surface area contributed by atoms with Gasteiger partial charge >= 0.3 is 5.69 Å². The van der Waals surface area contributed by atoms with E-state index >= 15 is 0 Å². The van der Waals surface area contributed by atoms with Crippen LogP contribution in [0.4, 0.5) is 0 Å². The average Bonchev–Trinajstić information content (AvgIpc) is 3.10. The fraction of sp³-hybridized carbons (Fsp3) is 0.562. The van der Waals surface area contributed by atoms with Gasteiger partial charge in [-0.2, -0.15) is 5.10 Å². The maximum Gasteiger partial charge on any atom is 0.343 e. The van der Waals surface area contributed by atoms with Crippen molar-refractivity contribution >= 4 is 5.91 Å². The molecule has 2 N–H and O–H groups in total. The Balaban J connectivity index is 1.71. The second-order valence-electron chi connectivity index (χ2n) is 6.34. The van der Waals surface area contributed by atoms with Crippen molar-refractivity contribution in [1.29, 1.82) is 0 Å². The van der Waals surface area contributed by atoms with Crippen LogP contribution in [0.25, 0.3) is 0 Å². The quantitative estimate of drug-likeness (QED) is 0.881. The van der Waals surface area contributed by atoms with E-state index in [-0.39, 0.29) is 17.6 Å². The largest absolute Gasteiger partial charge is 0.348 e. The lowest BCUT2D eigenvalue weighted by atomic mass is 9.82. The van der Waals surface area contributed by atoms with Crippen LogP contribution in [-0.4, -0.2) is 31.3 Å². The molecule has 0 aromatic carbocycles. The molecule has 1 aliphatic carbocycles. The minimum atomic E-state index is -0.194. The van der Waals surface area contributed by atoms with Gasteiger partial charge in [-0.3, -0.25) is 9.36 Å². The minimum Gasteiger partial charge on any atom is -0.348 e. The van der Waals surface area contributed by atoms with Crippen molar-refractivity contribution in [2.75, 3.05) is 0 Å². The zero-order valence-electron chi connectivity index (χ0n) is 13.6. The lowest BCUT2D eigenvalue weighted by molar-refractivity contribution is 0.0896. The van der Waals surface area contributed by atoms with Crippen molar-refractivity contribution < 1.29 is 4.79 Å². The Morgan fingerprint density at radius 2 is 2.17 bits per heavy atom. The van der Waals surface area contributed by atoms with Gasteiger partial charge in [0.2, 0.25) is 0 Å². The number of amides is 1. The summed E-state index contributed by atoms with van der Waals surface area (Å²) in [6, 6.07) is 3.81. The van der Waals surface area contributed by atoms with Gasteiger partial charge in [0.05, 0.1) is 0 Å². The van der Waals surface area contributed by atoms with E-state index in [1.54, 1.807) is 11.6 Å². The molecule has 2 aromatic heterocycles. The first-order valence-electron chi connectivity index (χ1n) is 8.08. The zero-order chi connectivity index (χ0) is 16.4. The van der Waals surface area contributed by atoms with E-state index in [9.17, 15) is 9.59 Å². The fourth-order valence-corrected chi connectivity index (χ4v) is 3.38. The van der Waals surface area contributed by atoms with Gasteiger partial charge in [0.1, 0.15) is 11.5 Å². The normalized spacial score (nSPS) is 21.3. The van der Waals surface area contributed by atoms with Crippen LogP contribution in [0.2, 0.25) is 0 Å². The van der Waals surface area contributed by atoms with Gasteiger partial charge in [-0.25, -0.2) is 9.89 Å². The number of rotatable bonds is 4. The van der Waals surface area contributed by atoms with Crippen molar-refractivity contribution in [2.45, 2.75) is 38.1 Å². The topological polar surface area (TPSA) is 84.7 Å². The monoisotopic (exact) mass is 317 g/mol. The zero-order valence-corrected chi connectivity index (χ0v) is 13.6. The Hall–Kier alpha value is -2.31. The summed E-state index contributed by atoms with van der Waals surface area (Å²) in [6.45, 7) is 0. The molecule has 0 radical (unpaired) electrons. The number of aryl methyl sites for hydroxylation is 1. The number of hydrogen-bond acceptors (Lipinski definition) is 3. The molecule has 0 aliphatic heterocycles.